The van der Waals surface area contributed by atoms with Gasteiger partial charge < -0.3 is 15.2 Å². The lowest BCUT2D eigenvalue weighted by atomic mass is 10.0. The smallest absolute Gasteiger partial charge is 0.242 e. The Morgan fingerprint density at radius 2 is 1.97 bits per heavy atom. The molecule has 0 amide bonds. The summed E-state index contributed by atoms with van der Waals surface area (Å²) in [5, 5.41) is 28.5. The van der Waals surface area contributed by atoms with Crippen molar-refractivity contribution in [1.29, 1.82) is 0 Å². The minimum absolute atomic E-state index is 0.159. The molecule has 174 valence electrons. The number of hydrogen-bond donors (Lipinski definition) is 5. The lowest BCUT2D eigenvalue weighted by Gasteiger charge is -2.17. The zero-order valence-electron chi connectivity index (χ0n) is 16.8. The Kier molecular flexibility index (Phi) is 5.95. The number of nitrogens with two attached hydrogens (primary N) is 2. The van der Waals surface area contributed by atoms with Gasteiger partial charge in [-0.1, -0.05) is 6.07 Å². The van der Waals surface area contributed by atoms with Crippen molar-refractivity contribution in [2.24, 2.45) is 10.9 Å². The SMILES string of the molecule is NC[C@@H](O)CNS(=O)(=O)c1ccc(-c2ccc3nccn3c2)c(-c2nn[nH]n2)c1S(N)(=O)=O. The summed E-state index contributed by atoms with van der Waals surface area (Å²) in [4.78, 5) is 2.80. The molecule has 0 aliphatic carbocycles. The first-order valence-electron chi connectivity index (χ1n) is 9.36. The summed E-state index contributed by atoms with van der Waals surface area (Å²) < 4.78 is 55.1. The quantitative estimate of drug-likeness (QED) is 0.189. The van der Waals surface area contributed by atoms with Crippen molar-refractivity contribution in [2.75, 3.05) is 13.1 Å². The molecule has 3 heterocycles. The molecule has 0 aliphatic rings. The average Bonchev–Trinajstić information content (AvgIpc) is 3.47. The van der Waals surface area contributed by atoms with Crippen LogP contribution in [0.15, 0.2) is 52.6 Å². The molecule has 4 aromatic rings. The molecule has 3 aromatic heterocycles. The summed E-state index contributed by atoms with van der Waals surface area (Å²) in [6.07, 6.45) is 3.79. The number of primary sulfonamides is 1. The van der Waals surface area contributed by atoms with Gasteiger partial charge in [0.2, 0.25) is 25.9 Å². The number of tetrazole rings is 1. The topological polar surface area (TPSA) is 224 Å². The van der Waals surface area contributed by atoms with E-state index >= 15 is 0 Å². The molecule has 0 unspecified atom stereocenters. The van der Waals surface area contributed by atoms with Gasteiger partial charge in [0.25, 0.3) is 0 Å². The first-order valence-corrected chi connectivity index (χ1v) is 12.4. The molecule has 0 saturated carbocycles. The Balaban J connectivity index is 2.00. The van der Waals surface area contributed by atoms with E-state index in [-0.39, 0.29) is 23.5 Å². The summed E-state index contributed by atoms with van der Waals surface area (Å²) >= 11 is 0. The third kappa shape index (κ3) is 4.47. The summed E-state index contributed by atoms with van der Waals surface area (Å²) in [6.45, 7) is -0.631. The number of nitrogens with zero attached hydrogens (tertiary/aromatic N) is 5. The fourth-order valence-electron chi connectivity index (χ4n) is 3.23. The first kappa shape index (κ1) is 22.9. The lowest BCUT2D eigenvalue weighted by Crippen LogP contribution is -2.36. The molecular formula is C17H19N9O5S2. The standard InChI is InChI=1S/C17H19N9O5S2/c18-7-11(27)8-21-33(30,31)13-3-2-12(10-1-4-14-20-5-6-26(14)9-10)15(16(13)32(19,28)29)17-22-24-25-23-17/h1-6,9,11,21,27H,7-8,18H2,(H2,19,28,29)(H,22,23,24,25)/t11-/m1/s1. The highest BCUT2D eigenvalue weighted by Crippen LogP contribution is 2.38. The van der Waals surface area contributed by atoms with Crippen LogP contribution >= 0.6 is 0 Å². The Morgan fingerprint density at radius 1 is 1.18 bits per heavy atom. The number of sulfonamides is 2. The predicted molar refractivity (Wildman–Crippen MR) is 115 cm³/mol. The van der Waals surface area contributed by atoms with Crippen molar-refractivity contribution in [1.82, 2.24) is 34.7 Å². The van der Waals surface area contributed by atoms with Crippen LogP contribution in [0.2, 0.25) is 0 Å². The molecule has 0 fully saturated rings. The molecule has 1 aromatic carbocycles. The van der Waals surface area contributed by atoms with Crippen LogP contribution in [0.4, 0.5) is 0 Å². The monoisotopic (exact) mass is 493 g/mol. The minimum atomic E-state index is -4.63. The van der Waals surface area contributed by atoms with Crippen LogP contribution in [0.5, 0.6) is 0 Å². The van der Waals surface area contributed by atoms with Crippen molar-refractivity contribution < 1.29 is 21.9 Å². The van der Waals surface area contributed by atoms with E-state index in [4.69, 9.17) is 10.9 Å². The maximum Gasteiger partial charge on any atom is 0.242 e. The Morgan fingerprint density at radius 3 is 2.64 bits per heavy atom. The molecule has 33 heavy (non-hydrogen) atoms. The number of rotatable bonds is 8. The van der Waals surface area contributed by atoms with Gasteiger partial charge in [-0.2, -0.15) is 5.21 Å². The lowest BCUT2D eigenvalue weighted by molar-refractivity contribution is 0.186. The van der Waals surface area contributed by atoms with Gasteiger partial charge in [-0.05, 0) is 34.5 Å². The Bertz CT molecular complexity index is 1520. The Labute approximate surface area is 187 Å². The summed E-state index contributed by atoms with van der Waals surface area (Å²) in [6, 6.07) is 5.89. The van der Waals surface area contributed by atoms with Gasteiger partial charge in [0.1, 0.15) is 15.4 Å². The molecular weight excluding hydrogens is 474 g/mol. The van der Waals surface area contributed by atoms with E-state index in [2.05, 4.69) is 30.3 Å². The average molecular weight is 494 g/mol. The maximum atomic E-state index is 13.0. The third-order valence-corrected chi connectivity index (χ3v) is 7.33. The van der Waals surface area contributed by atoms with Crippen molar-refractivity contribution >= 4 is 25.7 Å². The van der Waals surface area contributed by atoms with E-state index in [1.165, 1.54) is 6.07 Å². The van der Waals surface area contributed by atoms with E-state index < -0.39 is 42.5 Å². The molecule has 0 spiro atoms. The van der Waals surface area contributed by atoms with Crippen LogP contribution in [-0.2, 0) is 20.0 Å². The number of H-pyrrole nitrogens is 1. The molecule has 14 nitrogen and oxygen atoms in total. The van der Waals surface area contributed by atoms with Crippen LogP contribution in [0.1, 0.15) is 0 Å². The number of fused-ring (bicyclic) bond motifs is 1. The van der Waals surface area contributed by atoms with Gasteiger partial charge >= 0.3 is 0 Å². The number of aliphatic hydroxyl groups excluding tert-OH is 1. The van der Waals surface area contributed by atoms with E-state index in [9.17, 15) is 21.9 Å². The molecule has 0 aliphatic heterocycles. The second-order valence-corrected chi connectivity index (χ2v) is 10.2. The van der Waals surface area contributed by atoms with Gasteiger partial charge in [-0.3, -0.25) is 0 Å². The molecule has 16 heteroatoms. The van der Waals surface area contributed by atoms with Crippen LogP contribution in [0.25, 0.3) is 28.2 Å². The Hall–Kier alpha value is -3.28. The molecule has 0 saturated heterocycles. The van der Waals surface area contributed by atoms with Gasteiger partial charge in [0, 0.05) is 31.7 Å². The summed E-state index contributed by atoms with van der Waals surface area (Å²) in [5.41, 5.74) is 6.60. The van der Waals surface area contributed by atoms with Crippen LogP contribution in [0.3, 0.4) is 0 Å². The van der Waals surface area contributed by atoms with Crippen LogP contribution in [-0.4, -0.2) is 71.1 Å². The molecule has 7 N–H and O–H groups in total. The number of aromatic nitrogens is 6. The number of hydrogen-bond acceptors (Lipinski definition) is 10. The van der Waals surface area contributed by atoms with Gasteiger partial charge in [-0.15, -0.1) is 10.2 Å². The number of pyridine rings is 1. The fourth-order valence-corrected chi connectivity index (χ4v) is 5.91. The number of nitrogens with one attached hydrogen (secondary N) is 2. The van der Waals surface area contributed by atoms with Gasteiger partial charge in [0.15, 0.2) is 0 Å². The normalized spacial score (nSPS) is 13.4. The van der Waals surface area contributed by atoms with Crippen molar-refractivity contribution in [3.05, 3.63) is 42.9 Å². The van der Waals surface area contributed by atoms with E-state index in [0.717, 1.165) is 6.07 Å². The van der Waals surface area contributed by atoms with Crippen LogP contribution < -0.4 is 15.6 Å². The summed E-state index contributed by atoms with van der Waals surface area (Å²) in [5.74, 6) is -0.182. The maximum absolute atomic E-state index is 13.0. The molecule has 0 bridgehead atoms. The largest absolute Gasteiger partial charge is 0.390 e. The van der Waals surface area contributed by atoms with E-state index in [1.807, 2.05) is 0 Å². The highest BCUT2D eigenvalue weighted by molar-refractivity contribution is 7.92. The van der Waals surface area contributed by atoms with Crippen molar-refractivity contribution in [3.63, 3.8) is 0 Å². The second kappa shape index (κ2) is 8.58. The third-order valence-electron chi connectivity index (χ3n) is 4.75. The number of imidazole rings is 1. The highest BCUT2D eigenvalue weighted by atomic mass is 32.2. The van der Waals surface area contributed by atoms with E-state index in [1.54, 1.807) is 35.1 Å². The van der Waals surface area contributed by atoms with E-state index in [0.29, 0.717) is 11.2 Å². The zero-order chi connectivity index (χ0) is 23.8. The minimum Gasteiger partial charge on any atom is -0.390 e. The highest BCUT2D eigenvalue weighted by Gasteiger charge is 2.32. The zero-order valence-corrected chi connectivity index (χ0v) is 18.5. The fraction of sp³-hybridized carbons (Fsp3) is 0.176. The predicted octanol–water partition coefficient (Wildman–Crippen LogP) is -1.57. The number of aromatic amines is 1. The van der Waals surface area contributed by atoms with Gasteiger partial charge in [-0.25, -0.2) is 31.7 Å². The summed E-state index contributed by atoms with van der Waals surface area (Å²) in [7, 11) is -9.07. The van der Waals surface area contributed by atoms with Crippen LogP contribution in [0, 0.1) is 0 Å². The number of aliphatic hydroxyl groups is 1. The molecule has 1 atom stereocenters. The van der Waals surface area contributed by atoms with Crippen molar-refractivity contribution in [3.8, 4) is 22.5 Å². The molecule has 0 radical (unpaired) electrons. The molecule has 4 rings (SSSR count). The number of benzene rings is 1. The van der Waals surface area contributed by atoms with Gasteiger partial charge in [0.05, 0.1) is 11.7 Å². The van der Waals surface area contributed by atoms with Crippen molar-refractivity contribution in [2.45, 2.75) is 15.9 Å². The first-order chi connectivity index (χ1) is 15.6. The second-order valence-electron chi connectivity index (χ2n) is 6.95.